The van der Waals surface area contributed by atoms with Crippen LogP contribution in [0.3, 0.4) is 0 Å². The van der Waals surface area contributed by atoms with E-state index >= 15 is 0 Å². The summed E-state index contributed by atoms with van der Waals surface area (Å²) in [4.78, 5) is 26.2. The summed E-state index contributed by atoms with van der Waals surface area (Å²) in [6.45, 7) is 0.304. The molecule has 0 spiro atoms. The molecule has 0 aliphatic heterocycles. The fourth-order valence-corrected chi connectivity index (χ4v) is 1.82. The molecule has 6 heteroatoms. The lowest BCUT2D eigenvalue weighted by atomic mass is 10.2. The van der Waals surface area contributed by atoms with E-state index in [2.05, 4.69) is 20.9 Å². The number of aromatic nitrogens is 2. The first-order chi connectivity index (χ1) is 8.56. The second kappa shape index (κ2) is 5.14. The largest absolute Gasteiger partial charge is 0.478 e. The summed E-state index contributed by atoms with van der Waals surface area (Å²) in [5.74, 6) is -1.02. The highest BCUT2D eigenvalue weighted by Gasteiger charge is 2.04. The van der Waals surface area contributed by atoms with Crippen LogP contribution < -0.4 is 5.56 Å². The van der Waals surface area contributed by atoms with Gasteiger partial charge in [-0.15, -0.1) is 0 Å². The van der Waals surface area contributed by atoms with Crippen molar-refractivity contribution in [3.63, 3.8) is 0 Å². The molecule has 0 atom stereocenters. The predicted octanol–water partition coefficient (Wildman–Crippen LogP) is 1.75. The summed E-state index contributed by atoms with van der Waals surface area (Å²) in [6, 6.07) is 6.18. The molecule has 0 aromatic carbocycles. The topological polar surface area (TPSA) is 72.2 Å². The summed E-state index contributed by atoms with van der Waals surface area (Å²) in [7, 11) is 0. The molecule has 18 heavy (non-hydrogen) atoms. The number of carbonyl (C=O) groups is 1. The van der Waals surface area contributed by atoms with Gasteiger partial charge in [-0.1, -0.05) is 0 Å². The van der Waals surface area contributed by atoms with Gasteiger partial charge in [0.05, 0.1) is 17.8 Å². The fourth-order valence-electron chi connectivity index (χ4n) is 1.44. The van der Waals surface area contributed by atoms with Gasteiger partial charge in [0.25, 0.3) is 5.56 Å². The Balaban J connectivity index is 2.26. The molecule has 0 aliphatic rings. The summed E-state index contributed by atoms with van der Waals surface area (Å²) in [6.07, 6.45) is 2.94. The van der Waals surface area contributed by atoms with Crippen molar-refractivity contribution < 1.29 is 9.90 Å². The zero-order valence-electron chi connectivity index (χ0n) is 9.21. The van der Waals surface area contributed by atoms with Crippen LogP contribution in [0.4, 0.5) is 0 Å². The monoisotopic (exact) mass is 308 g/mol. The van der Waals surface area contributed by atoms with Gasteiger partial charge in [-0.3, -0.25) is 9.78 Å². The Morgan fingerprint density at radius 3 is 2.72 bits per heavy atom. The SMILES string of the molecule is O=C(O)c1ccc(Cn2cc(Br)ccc2=O)nc1. The van der Waals surface area contributed by atoms with Crippen LogP contribution >= 0.6 is 15.9 Å². The number of hydrogen-bond acceptors (Lipinski definition) is 3. The highest BCUT2D eigenvalue weighted by Crippen LogP contribution is 2.07. The van der Waals surface area contributed by atoms with Crippen LogP contribution in [0, 0.1) is 0 Å². The van der Waals surface area contributed by atoms with Crippen LogP contribution in [0.1, 0.15) is 16.1 Å². The molecule has 0 fully saturated rings. The number of rotatable bonds is 3. The molecule has 2 aromatic heterocycles. The molecule has 2 aromatic rings. The maximum atomic E-state index is 11.6. The van der Waals surface area contributed by atoms with Crippen molar-refractivity contribution in [1.29, 1.82) is 0 Å². The lowest BCUT2D eigenvalue weighted by Gasteiger charge is -2.05. The Morgan fingerprint density at radius 1 is 1.33 bits per heavy atom. The second-order valence-corrected chi connectivity index (χ2v) is 4.57. The van der Waals surface area contributed by atoms with Crippen molar-refractivity contribution in [2.24, 2.45) is 0 Å². The molecule has 0 amide bonds. The second-order valence-electron chi connectivity index (χ2n) is 3.66. The van der Waals surface area contributed by atoms with E-state index in [0.717, 1.165) is 4.47 Å². The molecular weight excluding hydrogens is 300 g/mol. The van der Waals surface area contributed by atoms with Crippen LogP contribution in [-0.2, 0) is 6.54 Å². The first kappa shape index (κ1) is 12.5. The zero-order chi connectivity index (χ0) is 13.1. The normalized spacial score (nSPS) is 10.3. The number of carboxylic acids is 1. The minimum absolute atomic E-state index is 0.125. The summed E-state index contributed by atoms with van der Waals surface area (Å²) < 4.78 is 2.29. The van der Waals surface area contributed by atoms with Gasteiger partial charge in [-0.2, -0.15) is 0 Å². The molecule has 5 nitrogen and oxygen atoms in total. The molecule has 0 bridgehead atoms. The van der Waals surface area contributed by atoms with E-state index in [1.165, 1.54) is 22.9 Å². The third-order valence-corrected chi connectivity index (χ3v) is 2.82. The van der Waals surface area contributed by atoms with Crippen molar-refractivity contribution >= 4 is 21.9 Å². The zero-order valence-corrected chi connectivity index (χ0v) is 10.8. The molecule has 92 valence electrons. The third-order valence-electron chi connectivity index (χ3n) is 2.35. The Kier molecular flexibility index (Phi) is 3.57. The van der Waals surface area contributed by atoms with E-state index in [4.69, 9.17) is 5.11 Å². The minimum Gasteiger partial charge on any atom is -0.478 e. The Hall–Kier alpha value is -1.95. The molecule has 1 N–H and O–H groups in total. The molecule has 0 saturated heterocycles. The Bertz CT molecular complexity index is 635. The molecule has 2 heterocycles. The molecule has 0 unspecified atom stereocenters. The van der Waals surface area contributed by atoms with Crippen molar-refractivity contribution in [3.05, 3.63) is 62.7 Å². The van der Waals surface area contributed by atoms with Crippen molar-refractivity contribution in [1.82, 2.24) is 9.55 Å². The van der Waals surface area contributed by atoms with Crippen molar-refractivity contribution in [2.75, 3.05) is 0 Å². The van der Waals surface area contributed by atoms with Gasteiger partial charge in [0, 0.05) is 22.9 Å². The van der Waals surface area contributed by atoms with Crippen molar-refractivity contribution in [2.45, 2.75) is 6.54 Å². The van der Waals surface area contributed by atoms with Gasteiger partial charge in [0.2, 0.25) is 0 Å². The number of nitrogens with zero attached hydrogens (tertiary/aromatic N) is 2. The first-order valence-corrected chi connectivity index (χ1v) is 5.90. The molecule has 2 rings (SSSR count). The number of halogens is 1. The van der Waals surface area contributed by atoms with Gasteiger partial charge < -0.3 is 9.67 Å². The van der Waals surface area contributed by atoms with Gasteiger partial charge in [0.15, 0.2) is 0 Å². The standard InChI is InChI=1S/C12H9BrN2O3/c13-9-2-4-11(16)15(6-9)7-10-3-1-8(5-14-10)12(17)18/h1-6H,7H2,(H,17,18). The lowest BCUT2D eigenvalue weighted by Crippen LogP contribution is -2.19. The smallest absolute Gasteiger partial charge is 0.337 e. The summed E-state index contributed by atoms with van der Waals surface area (Å²) in [5.41, 5.74) is 0.614. The van der Waals surface area contributed by atoms with Gasteiger partial charge >= 0.3 is 5.97 Å². The minimum atomic E-state index is -1.02. The number of carboxylic acid groups (broad SMARTS) is 1. The average Bonchev–Trinajstić information content (AvgIpc) is 2.34. The van der Waals surface area contributed by atoms with Gasteiger partial charge in [-0.05, 0) is 34.1 Å². The van der Waals surface area contributed by atoms with Gasteiger partial charge in [0.1, 0.15) is 0 Å². The Labute approximate surface area is 111 Å². The lowest BCUT2D eigenvalue weighted by molar-refractivity contribution is 0.0696. The van der Waals surface area contributed by atoms with E-state index in [9.17, 15) is 9.59 Å². The summed E-state index contributed by atoms with van der Waals surface area (Å²) in [5, 5.41) is 8.74. The van der Waals surface area contributed by atoms with Crippen LogP contribution in [-0.4, -0.2) is 20.6 Å². The van der Waals surface area contributed by atoms with E-state index < -0.39 is 5.97 Å². The van der Waals surface area contributed by atoms with Crippen molar-refractivity contribution in [3.8, 4) is 0 Å². The fraction of sp³-hybridized carbons (Fsp3) is 0.0833. The van der Waals surface area contributed by atoms with Crippen LogP contribution in [0.5, 0.6) is 0 Å². The molecule has 0 saturated carbocycles. The Morgan fingerprint density at radius 2 is 2.11 bits per heavy atom. The van der Waals surface area contributed by atoms with Crippen LogP contribution in [0.25, 0.3) is 0 Å². The van der Waals surface area contributed by atoms with E-state index in [1.54, 1.807) is 18.3 Å². The first-order valence-electron chi connectivity index (χ1n) is 5.10. The maximum Gasteiger partial charge on any atom is 0.337 e. The molecule has 0 aliphatic carbocycles. The van der Waals surface area contributed by atoms with Crippen LogP contribution in [0.15, 0.2) is 45.9 Å². The highest BCUT2D eigenvalue weighted by atomic mass is 79.9. The van der Waals surface area contributed by atoms with E-state index in [-0.39, 0.29) is 11.1 Å². The van der Waals surface area contributed by atoms with Gasteiger partial charge in [-0.25, -0.2) is 4.79 Å². The molecule has 0 radical (unpaired) electrons. The molecular formula is C12H9BrN2O3. The number of aromatic carboxylic acids is 1. The van der Waals surface area contributed by atoms with E-state index in [1.807, 2.05) is 0 Å². The average molecular weight is 309 g/mol. The quantitative estimate of drug-likeness (QED) is 0.937. The summed E-state index contributed by atoms with van der Waals surface area (Å²) >= 11 is 3.28. The highest BCUT2D eigenvalue weighted by molar-refractivity contribution is 9.10. The van der Waals surface area contributed by atoms with Crippen LogP contribution in [0.2, 0.25) is 0 Å². The third kappa shape index (κ3) is 2.84. The predicted molar refractivity (Wildman–Crippen MR) is 68.7 cm³/mol. The maximum absolute atomic E-state index is 11.6. The number of pyridine rings is 2. The van der Waals surface area contributed by atoms with E-state index in [0.29, 0.717) is 12.2 Å². The number of hydrogen-bond donors (Lipinski definition) is 1.